The third-order valence-corrected chi connectivity index (χ3v) is 4.36. The van der Waals surface area contributed by atoms with Gasteiger partial charge in [-0.3, -0.25) is 9.00 Å². The Bertz CT molecular complexity index is 771. The SMILES string of the molecule is Cc1ccc(NC(=O)[C@@H](C)OC(=O)c2ccccc2[S@](C)=O)cc1. The van der Waals surface area contributed by atoms with Crippen LogP contribution in [-0.2, 0) is 20.3 Å². The van der Waals surface area contributed by atoms with E-state index in [-0.39, 0.29) is 5.56 Å². The number of hydrogen-bond donors (Lipinski definition) is 1. The number of aryl methyl sites for hydroxylation is 1. The van der Waals surface area contributed by atoms with Crippen molar-refractivity contribution >= 4 is 28.4 Å². The van der Waals surface area contributed by atoms with Gasteiger partial charge in [-0.15, -0.1) is 0 Å². The fourth-order valence-electron chi connectivity index (χ4n) is 2.04. The molecule has 0 saturated heterocycles. The van der Waals surface area contributed by atoms with Crippen LogP contribution in [0.2, 0.25) is 0 Å². The Morgan fingerprint density at radius 1 is 1.08 bits per heavy atom. The molecule has 6 heteroatoms. The molecule has 0 aliphatic heterocycles. The maximum atomic E-state index is 12.2. The van der Waals surface area contributed by atoms with Crippen molar-refractivity contribution in [1.29, 1.82) is 0 Å². The number of rotatable bonds is 5. The number of benzene rings is 2. The van der Waals surface area contributed by atoms with Gasteiger partial charge in [-0.05, 0) is 38.1 Å². The molecular formula is C18H19NO4S. The Kier molecular flexibility index (Phi) is 5.87. The molecule has 0 bridgehead atoms. The maximum absolute atomic E-state index is 12.2. The van der Waals surface area contributed by atoms with E-state index in [4.69, 9.17) is 4.74 Å². The molecule has 0 unspecified atom stereocenters. The lowest BCUT2D eigenvalue weighted by molar-refractivity contribution is -0.123. The molecule has 0 aliphatic rings. The highest BCUT2D eigenvalue weighted by molar-refractivity contribution is 7.84. The number of amides is 1. The third kappa shape index (κ3) is 4.52. The molecule has 0 heterocycles. The normalized spacial score (nSPS) is 13.0. The summed E-state index contributed by atoms with van der Waals surface area (Å²) in [5.74, 6) is -1.10. The van der Waals surface area contributed by atoms with E-state index >= 15 is 0 Å². The van der Waals surface area contributed by atoms with Crippen LogP contribution in [-0.4, -0.2) is 28.4 Å². The van der Waals surface area contributed by atoms with Crippen LogP contribution in [0, 0.1) is 6.92 Å². The molecule has 126 valence electrons. The molecule has 2 aromatic rings. The van der Waals surface area contributed by atoms with Crippen molar-refractivity contribution in [2.45, 2.75) is 24.8 Å². The van der Waals surface area contributed by atoms with Crippen LogP contribution in [0.5, 0.6) is 0 Å². The van der Waals surface area contributed by atoms with E-state index in [0.29, 0.717) is 10.6 Å². The zero-order chi connectivity index (χ0) is 17.7. The van der Waals surface area contributed by atoms with Gasteiger partial charge in [0.2, 0.25) is 0 Å². The summed E-state index contributed by atoms with van der Waals surface area (Å²) in [6.07, 6.45) is 0.511. The molecule has 1 amide bonds. The number of anilines is 1. The predicted octanol–water partition coefficient (Wildman–Crippen LogP) is 2.92. The lowest BCUT2D eigenvalue weighted by atomic mass is 10.2. The molecule has 0 radical (unpaired) electrons. The van der Waals surface area contributed by atoms with Crippen molar-refractivity contribution in [3.8, 4) is 0 Å². The molecule has 24 heavy (non-hydrogen) atoms. The maximum Gasteiger partial charge on any atom is 0.340 e. The number of nitrogens with one attached hydrogen (secondary N) is 1. The molecule has 1 N–H and O–H groups in total. The summed E-state index contributed by atoms with van der Waals surface area (Å²) in [5.41, 5.74) is 1.91. The summed E-state index contributed by atoms with van der Waals surface area (Å²) >= 11 is 0. The summed E-state index contributed by atoms with van der Waals surface area (Å²) in [4.78, 5) is 24.8. The molecule has 2 atom stereocenters. The van der Waals surface area contributed by atoms with E-state index in [1.807, 2.05) is 19.1 Å². The van der Waals surface area contributed by atoms with E-state index in [1.165, 1.54) is 19.2 Å². The van der Waals surface area contributed by atoms with Gasteiger partial charge in [0.1, 0.15) is 0 Å². The number of carbonyl (C=O) groups is 2. The van der Waals surface area contributed by atoms with Gasteiger partial charge in [0.15, 0.2) is 6.10 Å². The first kappa shape index (κ1) is 17.9. The van der Waals surface area contributed by atoms with E-state index < -0.39 is 28.8 Å². The number of carbonyl (C=O) groups excluding carboxylic acids is 2. The van der Waals surface area contributed by atoms with Gasteiger partial charge in [0.25, 0.3) is 5.91 Å². The Morgan fingerprint density at radius 2 is 1.71 bits per heavy atom. The van der Waals surface area contributed by atoms with Gasteiger partial charge in [0, 0.05) is 11.9 Å². The number of hydrogen-bond acceptors (Lipinski definition) is 4. The quantitative estimate of drug-likeness (QED) is 0.846. The van der Waals surface area contributed by atoms with Crippen molar-refractivity contribution in [3.05, 3.63) is 59.7 Å². The molecule has 2 rings (SSSR count). The molecule has 2 aromatic carbocycles. The fourth-order valence-corrected chi connectivity index (χ4v) is 2.78. The van der Waals surface area contributed by atoms with Crippen LogP contribution in [0.25, 0.3) is 0 Å². The minimum absolute atomic E-state index is 0.202. The highest BCUT2D eigenvalue weighted by atomic mass is 32.2. The third-order valence-electron chi connectivity index (χ3n) is 3.39. The van der Waals surface area contributed by atoms with E-state index in [1.54, 1.807) is 30.3 Å². The van der Waals surface area contributed by atoms with Crippen LogP contribution >= 0.6 is 0 Å². The van der Waals surface area contributed by atoms with Gasteiger partial charge in [-0.1, -0.05) is 29.8 Å². The van der Waals surface area contributed by atoms with Crippen LogP contribution in [0.3, 0.4) is 0 Å². The Labute approximate surface area is 143 Å². The first-order chi connectivity index (χ1) is 11.4. The summed E-state index contributed by atoms with van der Waals surface area (Å²) < 4.78 is 16.9. The topological polar surface area (TPSA) is 72.5 Å². The molecule has 0 aliphatic carbocycles. The molecule has 5 nitrogen and oxygen atoms in total. The van der Waals surface area contributed by atoms with Crippen molar-refractivity contribution in [2.24, 2.45) is 0 Å². The average Bonchev–Trinajstić information content (AvgIpc) is 2.56. The van der Waals surface area contributed by atoms with Gasteiger partial charge in [-0.2, -0.15) is 0 Å². The van der Waals surface area contributed by atoms with Crippen LogP contribution < -0.4 is 5.32 Å². The van der Waals surface area contributed by atoms with Crippen LogP contribution in [0.15, 0.2) is 53.4 Å². The summed E-state index contributed by atoms with van der Waals surface area (Å²) in [5, 5.41) is 2.69. The molecule has 0 spiro atoms. The predicted molar refractivity (Wildman–Crippen MR) is 93.5 cm³/mol. The van der Waals surface area contributed by atoms with Gasteiger partial charge >= 0.3 is 5.97 Å². The second kappa shape index (κ2) is 7.88. The lowest BCUT2D eigenvalue weighted by Gasteiger charge is -2.14. The summed E-state index contributed by atoms with van der Waals surface area (Å²) in [7, 11) is -1.32. The zero-order valence-corrected chi connectivity index (χ0v) is 14.6. The van der Waals surface area contributed by atoms with E-state index in [9.17, 15) is 13.8 Å². The van der Waals surface area contributed by atoms with Crippen molar-refractivity contribution in [2.75, 3.05) is 11.6 Å². The Hall–Kier alpha value is -2.47. The van der Waals surface area contributed by atoms with Crippen molar-refractivity contribution in [3.63, 3.8) is 0 Å². The summed E-state index contributed by atoms with van der Waals surface area (Å²) in [6, 6.07) is 13.8. The molecule has 0 saturated carbocycles. The highest BCUT2D eigenvalue weighted by Crippen LogP contribution is 2.15. The second-order valence-electron chi connectivity index (χ2n) is 5.35. The average molecular weight is 345 g/mol. The minimum atomic E-state index is -1.32. The van der Waals surface area contributed by atoms with Crippen molar-refractivity contribution in [1.82, 2.24) is 0 Å². The Balaban J connectivity index is 2.04. The van der Waals surface area contributed by atoms with E-state index in [2.05, 4.69) is 5.32 Å². The zero-order valence-electron chi connectivity index (χ0n) is 13.7. The Morgan fingerprint density at radius 3 is 2.33 bits per heavy atom. The van der Waals surface area contributed by atoms with Gasteiger partial charge < -0.3 is 10.1 Å². The molecular weight excluding hydrogens is 326 g/mol. The number of ether oxygens (including phenoxy) is 1. The minimum Gasteiger partial charge on any atom is -0.449 e. The molecule has 0 fully saturated rings. The first-order valence-corrected chi connectivity index (χ1v) is 8.95. The first-order valence-electron chi connectivity index (χ1n) is 7.39. The number of esters is 1. The monoisotopic (exact) mass is 345 g/mol. The summed E-state index contributed by atoms with van der Waals surface area (Å²) in [6.45, 7) is 3.44. The highest BCUT2D eigenvalue weighted by Gasteiger charge is 2.21. The smallest absolute Gasteiger partial charge is 0.340 e. The van der Waals surface area contributed by atoms with Crippen LogP contribution in [0.1, 0.15) is 22.8 Å². The van der Waals surface area contributed by atoms with Crippen molar-refractivity contribution < 1.29 is 18.5 Å². The van der Waals surface area contributed by atoms with Gasteiger partial charge in [-0.25, -0.2) is 4.79 Å². The largest absolute Gasteiger partial charge is 0.449 e. The lowest BCUT2D eigenvalue weighted by Crippen LogP contribution is -2.30. The van der Waals surface area contributed by atoms with Crippen LogP contribution in [0.4, 0.5) is 5.69 Å². The van der Waals surface area contributed by atoms with Gasteiger partial charge in [0.05, 0.1) is 21.3 Å². The fraction of sp³-hybridized carbons (Fsp3) is 0.222. The standard InChI is InChI=1S/C18H19NO4S/c1-12-8-10-14(11-9-12)19-17(20)13(2)23-18(21)15-6-4-5-7-16(15)24(3)22/h4-11,13H,1-3H3,(H,19,20)/t13-,24+/m1/s1. The second-order valence-corrected chi connectivity index (χ2v) is 6.70. The van der Waals surface area contributed by atoms with E-state index in [0.717, 1.165) is 5.56 Å². The molecule has 0 aromatic heterocycles.